The minimum Gasteiger partial charge on any atom is -0.477 e. The average Bonchev–Trinajstić information content (AvgIpc) is 2.77. The quantitative estimate of drug-likeness (QED) is 0.890. The van der Waals surface area contributed by atoms with Gasteiger partial charge in [-0.05, 0) is 31.0 Å². The van der Waals surface area contributed by atoms with Gasteiger partial charge in [-0.3, -0.25) is 0 Å². The molecule has 1 aromatic carbocycles. The molecule has 1 heterocycles. The van der Waals surface area contributed by atoms with Crippen LogP contribution < -0.4 is 0 Å². The smallest absolute Gasteiger partial charge is 0.347 e. The van der Waals surface area contributed by atoms with E-state index < -0.39 is 5.97 Å². The summed E-state index contributed by atoms with van der Waals surface area (Å²) in [5, 5.41) is 10.1. The lowest BCUT2D eigenvalue weighted by molar-refractivity contribution is 0.0699. The van der Waals surface area contributed by atoms with Gasteiger partial charge in [0.25, 0.3) is 0 Å². The number of benzene rings is 1. The van der Waals surface area contributed by atoms with E-state index >= 15 is 0 Å². The van der Waals surface area contributed by atoms with Gasteiger partial charge in [0.15, 0.2) is 0 Å². The predicted molar refractivity (Wildman–Crippen MR) is 82.7 cm³/mol. The van der Waals surface area contributed by atoms with E-state index in [4.69, 9.17) is 0 Å². The zero-order valence-corrected chi connectivity index (χ0v) is 13.3. The number of thiazole rings is 1. The molecular weight excluding hydrogens is 270 g/mol. The number of aryl methyl sites for hydroxylation is 2. The van der Waals surface area contributed by atoms with Gasteiger partial charge in [-0.1, -0.05) is 32.9 Å². The lowest BCUT2D eigenvalue weighted by Crippen LogP contribution is -2.16. The number of aromatic nitrogens is 1. The van der Waals surface area contributed by atoms with Gasteiger partial charge in [0.05, 0.1) is 5.69 Å². The standard InChI is InChI=1S/C16H19NO2S/c1-9-6-7-11(8-10(9)2)14-17-13(16(3,4)5)12(20-14)15(18)19/h6-8H,1-5H3,(H,18,19). The highest BCUT2D eigenvalue weighted by molar-refractivity contribution is 7.17. The van der Waals surface area contributed by atoms with E-state index in [2.05, 4.69) is 24.9 Å². The van der Waals surface area contributed by atoms with Crippen LogP contribution >= 0.6 is 11.3 Å². The molecule has 0 saturated carbocycles. The zero-order valence-electron chi connectivity index (χ0n) is 12.4. The number of carboxylic acids is 1. The first-order chi connectivity index (χ1) is 9.20. The van der Waals surface area contributed by atoms with Crippen molar-refractivity contribution in [2.45, 2.75) is 40.0 Å². The summed E-state index contributed by atoms with van der Waals surface area (Å²) in [7, 11) is 0. The summed E-state index contributed by atoms with van der Waals surface area (Å²) in [5.74, 6) is -0.900. The van der Waals surface area contributed by atoms with Crippen molar-refractivity contribution < 1.29 is 9.90 Å². The van der Waals surface area contributed by atoms with E-state index in [9.17, 15) is 9.90 Å². The Morgan fingerprint density at radius 2 is 1.85 bits per heavy atom. The molecule has 20 heavy (non-hydrogen) atoms. The molecule has 1 aromatic heterocycles. The molecule has 0 spiro atoms. The van der Waals surface area contributed by atoms with Gasteiger partial charge in [-0.15, -0.1) is 11.3 Å². The van der Waals surface area contributed by atoms with E-state index in [1.165, 1.54) is 22.5 Å². The van der Waals surface area contributed by atoms with Crippen molar-refractivity contribution in [3.05, 3.63) is 39.9 Å². The maximum Gasteiger partial charge on any atom is 0.347 e. The van der Waals surface area contributed by atoms with Crippen molar-refractivity contribution in [2.75, 3.05) is 0 Å². The Morgan fingerprint density at radius 1 is 1.20 bits per heavy atom. The number of carboxylic acid groups (broad SMARTS) is 1. The van der Waals surface area contributed by atoms with Crippen LogP contribution in [0.1, 0.15) is 47.3 Å². The summed E-state index contributed by atoms with van der Waals surface area (Å²) < 4.78 is 0. The minimum absolute atomic E-state index is 0.276. The van der Waals surface area contributed by atoms with Crippen LogP contribution in [-0.4, -0.2) is 16.1 Å². The second kappa shape index (κ2) is 5.02. The van der Waals surface area contributed by atoms with Crippen molar-refractivity contribution in [2.24, 2.45) is 0 Å². The molecule has 0 fully saturated rings. The van der Waals surface area contributed by atoms with Crippen LogP contribution in [0.25, 0.3) is 10.6 Å². The van der Waals surface area contributed by atoms with Crippen LogP contribution in [0.2, 0.25) is 0 Å². The molecular formula is C16H19NO2S. The lowest BCUT2D eigenvalue weighted by atomic mass is 9.91. The lowest BCUT2D eigenvalue weighted by Gasteiger charge is -2.16. The predicted octanol–water partition coefficient (Wildman–Crippen LogP) is 4.42. The highest BCUT2D eigenvalue weighted by atomic mass is 32.1. The van der Waals surface area contributed by atoms with Gasteiger partial charge in [-0.25, -0.2) is 9.78 Å². The Morgan fingerprint density at radius 3 is 2.30 bits per heavy atom. The summed E-state index contributed by atoms with van der Waals surface area (Å²) in [4.78, 5) is 16.3. The Labute approximate surface area is 123 Å². The van der Waals surface area contributed by atoms with Crippen molar-refractivity contribution in [3.63, 3.8) is 0 Å². The maximum atomic E-state index is 11.4. The molecule has 0 unspecified atom stereocenters. The molecule has 0 bridgehead atoms. The highest BCUT2D eigenvalue weighted by Gasteiger charge is 2.27. The van der Waals surface area contributed by atoms with E-state index in [-0.39, 0.29) is 5.41 Å². The minimum atomic E-state index is -0.900. The summed E-state index contributed by atoms with van der Waals surface area (Å²) in [6.45, 7) is 10.1. The van der Waals surface area contributed by atoms with Crippen molar-refractivity contribution in [1.29, 1.82) is 0 Å². The molecule has 4 heteroatoms. The summed E-state index contributed by atoms with van der Waals surface area (Å²) >= 11 is 1.25. The Bertz CT molecular complexity index is 666. The third-order valence-electron chi connectivity index (χ3n) is 3.29. The fraction of sp³-hybridized carbons (Fsp3) is 0.375. The van der Waals surface area contributed by atoms with E-state index in [0.29, 0.717) is 10.6 Å². The molecule has 0 amide bonds. The van der Waals surface area contributed by atoms with Crippen molar-refractivity contribution in [1.82, 2.24) is 4.98 Å². The number of carbonyl (C=O) groups is 1. The van der Waals surface area contributed by atoms with Gasteiger partial charge in [0.1, 0.15) is 9.88 Å². The molecule has 0 atom stereocenters. The number of hydrogen-bond donors (Lipinski definition) is 1. The second-order valence-electron chi connectivity index (χ2n) is 6.05. The van der Waals surface area contributed by atoms with E-state index in [1.807, 2.05) is 32.9 Å². The molecule has 106 valence electrons. The highest BCUT2D eigenvalue weighted by Crippen LogP contribution is 2.34. The molecule has 3 nitrogen and oxygen atoms in total. The van der Waals surface area contributed by atoms with Crippen molar-refractivity contribution in [3.8, 4) is 10.6 Å². The largest absolute Gasteiger partial charge is 0.477 e. The third kappa shape index (κ3) is 2.75. The van der Waals surface area contributed by atoms with Gasteiger partial charge < -0.3 is 5.11 Å². The summed E-state index contributed by atoms with van der Waals surface area (Å²) in [6.07, 6.45) is 0. The monoisotopic (exact) mass is 289 g/mol. The number of aromatic carboxylic acids is 1. The molecule has 1 N–H and O–H groups in total. The van der Waals surface area contributed by atoms with Crippen molar-refractivity contribution >= 4 is 17.3 Å². The first kappa shape index (κ1) is 14.7. The molecule has 0 aliphatic rings. The van der Waals surface area contributed by atoms with Gasteiger partial charge in [0.2, 0.25) is 0 Å². The topological polar surface area (TPSA) is 50.2 Å². The molecule has 0 aliphatic carbocycles. The maximum absolute atomic E-state index is 11.4. The first-order valence-corrected chi connectivity index (χ1v) is 7.34. The Hall–Kier alpha value is -1.68. The number of hydrogen-bond acceptors (Lipinski definition) is 3. The van der Waals surface area contributed by atoms with Crippen LogP contribution in [0.15, 0.2) is 18.2 Å². The van der Waals surface area contributed by atoms with Crippen LogP contribution in [-0.2, 0) is 5.41 Å². The second-order valence-corrected chi connectivity index (χ2v) is 7.05. The van der Waals surface area contributed by atoms with Crippen LogP contribution in [0, 0.1) is 13.8 Å². The molecule has 2 rings (SSSR count). The van der Waals surface area contributed by atoms with Crippen LogP contribution in [0.4, 0.5) is 0 Å². The van der Waals surface area contributed by atoms with E-state index in [0.717, 1.165) is 10.6 Å². The van der Waals surface area contributed by atoms with Crippen LogP contribution in [0.3, 0.4) is 0 Å². The van der Waals surface area contributed by atoms with Gasteiger partial charge in [-0.2, -0.15) is 0 Å². The fourth-order valence-corrected chi connectivity index (χ4v) is 3.08. The molecule has 0 aliphatic heterocycles. The Balaban J connectivity index is 2.58. The summed E-state index contributed by atoms with van der Waals surface area (Å²) in [5.41, 5.74) is 3.77. The zero-order chi connectivity index (χ0) is 15.1. The van der Waals surface area contributed by atoms with Crippen LogP contribution in [0.5, 0.6) is 0 Å². The summed E-state index contributed by atoms with van der Waals surface area (Å²) in [6, 6.07) is 6.11. The SMILES string of the molecule is Cc1ccc(-c2nc(C(C)(C)C)c(C(=O)O)s2)cc1C. The fourth-order valence-electron chi connectivity index (χ4n) is 1.97. The van der Waals surface area contributed by atoms with Gasteiger partial charge in [0, 0.05) is 11.0 Å². The van der Waals surface area contributed by atoms with E-state index in [1.54, 1.807) is 0 Å². The number of rotatable bonds is 2. The Kier molecular flexibility index (Phi) is 3.69. The molecule has 0 saturated heterocycles. The number of nitrogens with zero attached hydrogens (tertiary/aromatic N) is 1. The average molecular weight is 289 g/mol. The molecule has 0 radical (unpaired) electrons. The van der Waals surface area contributed by atoms with Gasteiger partial charge >= 0.3 is 5.97 Å². The first-order valence-electron chi connectivity index (χ1n) is 6.52. The molecule has 2 aromatic rings. The third-order valence-corrected chi connectivity index (χ3v) is 4.38. The normalized spacial score (nSPS) is 11.7.